The smallest absolute Gasteiger partial charge is 0.337 e. The molecule has 1 heterocycles. The van der Waals surface area contributed by atoms with Crippen LogP contribution in [-0.4, -0.2) is 16.1 Å². The molecular weight excluding hydrogens is 238 g/mol. The molecule has 19 heavy (non-hydrogen) atoms. The van der Waals surface area contributed by atoms with Gasteiger partial charge >= 0.3 is 5.97 Å². The van der Waals surface area contributed by atoms with Crippen molar-refractivity contribution in [1.82, 2.24) is 4.98 Å². The third-order valence-electron chi connectivity index (χ3n) is 3.04. The number of aromatic nitrogens is 1. The van der Waals surface area contributed by atoms with Gasteiger partial charge in [0.25, 0.3) is 0 Å². The number of hydrogen-bond acceptors (Lipinski definition) is 2. The molecular formula is C16H11NO2. The topological polar surface area (TPSA) is 50.2 Å². The predicted molar refractivity (Wildman–Crippen MR) is 74.1 cm³/mol. The van der Waals surface area contributed by atoms with Crippen LogP contribution < -0.4 is 0 Å². The van der Waals surface area contributed by atoms with Gasteiger partial charge in [-0.15, -0.1) is 0 Å². The maximum atomic E-state index is 10.9. The van der Waals surface area contributed by atoms with Crippen molar-refractivity contribution < 1.29 is 9.90 Å². The van der Waals surface area contributed by atoms with Gasteiger partial charge in [0.2, 0.25) is 0 Å². The number of carboxylic acid groups (broad SMARTS) is 1. The number of carbonyl (C=O) groups is 1. The summed E-state index contributed by atoms with van der Waals surface area (Å²) in [7, 11) is 0. The summed E-state index contributed by atoms with van der Waals surface area (Å²) in [5.41, 5.74) is 3.20. The van der Waals surface area contributed by atoms with E-state index in [1.807, 2.05) is 48.5 Å². The van der Waals surface area contributed by atoms with Gasteiger partial charge in [-0.3, -0.25) is 4.98 Å². The Bertz CT molecular complexity index is 751. The van der Waals surface area contributed by atoms with Crippen LogP contribution in [0, 0.1) is 0 Å². The molecule has 92 valence electrons. The summed E-state index contributed by atoms with van der Waals surface area (Å²) in [6.45, 7) is 0. The second-order valence-electron chi connectivity index (χ2n) is 4.30. The lowest BCUT2D eigenvalue weighted by atomic mass is 10.0. The van der Waals surface area contributed by atoms with Gasteiger partial charge < -0.3 is 5.11 Å². The molecule has 0 radical (unpaired) electrons. The van der Waals surface area contributed by atoms with Gasteiger partial charge in [-0.05, 0) is 23.3 Å². The minimum absolute atomic E-state index is 0.208. The van der Waals surface area contributed by atoms with Gasteiger partial charge in [-0.1, -0.05) is 42.5 Å². The highest BCUT2D eigenvalue weighted by atomic mass is 16.4. The van der Waals surface area contributed by atoms with Gasteiger partial charge in [-0.25, -0.2) is 4.79 Å². The Morgan fingerprint density at radius 1 is 0.947 bits per heavy atom. The summed E-state index contributed by atoms with van der Waals surface area (Å²) in [6.07, 6.45) is 1.39. The highest BCUT2D eigenvalue weighted by molar-refractivity contribution is 5.93. The van der Waals surface area contributed by atoms with Crippen LogP contribution >= 0.6 is 0 Å². The Hall–Kier alpha value is -2.68. The number of benzene rings is 2. The number of fused-ring (bicyclic) bond motifs is 1. The van der Waals surface area contributed by atoms with E-state index in [2.05, 4.69) is 4.98 Å². The lowest BCUT2D eigenvalue weighted by Crippen LogP contribution is -1.96. The first-order chi connectivity index (χ1) is 9.24. The minimum atomic E-state index is -0.957. The largest absolute Gasteiger partial charge is 0.478 e. The molecule has 0 aliphatic carbocycles. The predicted octanol–water partition coefficient (Wildman–Crippen LogP) is 3.60. The number of nitrogens with zero attached hydrogens (tertiary/aromatic N) is 1. The first kappa shape index (κ1) is 11.4. The van der Waals surface area contributed by atoms with Gasteiger partial charge in [0, 0.05) is 11.6 Å². The summed E-state index contributed by atoms with van der Waals surface area (Å²) in [4.78, 5) is 15.1. The average Bonchev–Trinajstić information content (AvgIpc) is 2.47. The van der Waals surface area contributed by atoms with E-state index < -0.39 is 5.97 Å². The Kier molecular flexibility index (Phi) is 2.72. The third-order valence-corrected chi connectivity index (χ3v) is 3.04. The fraction of sp³-hybridized carbons (Fsp3) is 0. The molecule has 0 aliphatic heterocycles. The molecule has 1 N–H and O–H groups in total. The lowest BCUT2D eigenvalue weighted by molar-refractivity contribution is 0.0696. The van der Waals surface area contributed by atoms with Crippen molar-refractivity contribution in [3.8, 4) is 11.1 Å². The Morgan fingerprint density at radius 3 is 2.47 bits per heavy atom. The molecule has 0 saturated carbocycles. The van der Waals surface area contributed by atoms with Crippen molar-refractivity contribution in [2.75, 3.05) is 0 Å². The van der Waals surface area contributed by atoms with Crippen molar-refractivity contribution in [3.05, 3.63) is 66.4 Å². The molecule has 2 aromatic carbocycles. The van der Waals surface area contributed by atoms with Crippen LogP contribution in [-0.2, 0) is 0 Å². The van der Waals surface area contributed by atoms with E-state index in [4.69, 9.17) is 5.11 Å². The Balaban J connectivity index is 2.12. The van der Waals surface area contributed by atoms with Crippen molar-refractivity contribution in [2.45, 2.75) is 0 Å². The SMILES string of the molecule is O=C(O)c1cnc2cc(-c3ccccc3)ccc2c1. The van der Waals surface area contributed by atoms with Crippen molar-refractivity contribution in [1.29, 1.82) is 0 Å². The number of pyridine rings is 1. The van der Waals surface area contributed by atoms with E-state index in [0.29, 0.717) is 0 Å². The molecule has 0 aliphatic rings. The van der Waals surface area contributed by atoms with Crippen LogP contribution in [0.4, 0.5) is 0 Å². The van der Waals surface area contributed by atoms with Crippen LogP contribution in [0.5, 0.6) is 0 Å². The first-order valence-corrected chi connectivity index (χ1v) is 5.92. The highest BCUT2D eigenvalue weighted by Crippen LogP contribution is 2.23. The van der Waals surface area contributed by atoms with Gasteiger partial charge in [-0.2, -0.15) is 0 Å². The van der Waals surface area contributed by atoms with Gasteiger partial charge in [0.1, 0.15) is 0 Å². The molecule has 0 atom stereocenters. The van der Waals surface area contributed by atoms with E-state index >= 15 is 0 Å². The summed E-state index contributed by atoms with van der Waals surface area (Å²) in [6, 6.07) is 17.5. The van der Waals surface area contributed by atoms with E-state index in [9.17, 15) is 4.79 Å². The molecule has 0 bridgehead atoms. The minimum Gasteiger partial charge on any atom is -0.478 e. The molecule has 1 aromatic heterocycles. The van der Waals surface area contributed by atoms with Crippen molar-refractivity contribution >= 4 is 16.9 Å². The quantitative estimate of drug-likeness (QED) is 0.754. The molecule has 0 amide bonds. The summed E-state index contributed by atoms with van der Waals surface area (Å²) >= 11 is 0. The standard InChI is InChI=1S/C16H11NO2/c18-16(19)14-8-13-7-6-12(9-15(13)17-10-14)11-4-2-1-3-5-11/h1-10H,(H,18,19). The normalized spacial score (nSPS) is 10.5. The molecule has 3 aromatic rings. The lowest BCUT2D eigenvalue weighted by Gasteiger charge is -2.04. The van der Waals surface area contributed by atoms with E-state index in [1.165, 1.54) is 6.20 Å². The zero-order valence-electron chi connectivity index (χ0n) is 10.1. The van der Waals surface area contributed by atoms with Gasteiger partial charge in [0.15, 0.2) is 0 Å². The van der Waals surface area contributed by atoms with Crippen LogP contribution in [0.15, 0.2) is 60.8 Å². The molecule has 0 fully saturated rings. The van der Waals surface area contributed by atoms with Crippen LogP contribution in [0.25, 0.3) is 22.0 Å². The van der Waals surface area contributed by atoms with E-state index in [1.54, 1.807) is 6.07 Å². The third kappa shape index (κ3) is 2.18. The Labute approximate surface area is 110 Å². The maximum Gasteiger partial charge on any atom is 0.337 e. The second-order valence-corrected chi connectivity index (χ2v) is 4.30. The zero-order valence-corrected chi connectivity index (χ0v) is 10.1. The van der Waals surface area contributed by atoms with Crippen molar-refractivity contribution in [2.24, 2.45) is 0 Å². The zero-order chi connectivity index (χ0) is 13.2. The maximum absolute atomic E-state index is 10.9. The summed E-state index contributed by atoms with van der Waals surface area (Å²) < 4.78 is 0. The monoisotopic (exact) mass is 249 g/mol. The number of aromatic carboxylic acids is 1. The molecule has 3 nitrogen and oxygen atoms in total. The van der Waals surface area contributed by atoms with Crippen molar-refractivity contribution in [3.63, 3.8) is 0 Å². The number of carboxylic acids is 1. The van der Waals surface area contributed by atoms with Crippen LogP contribution in [0.1, 0.15) is 10.4 Å². The van der Waals surface area contributed by atoms with E-state index in [0.717, 1.165) is 22.0 Å². The summed E-state index contributed by atoms with van der Waals surface area (Å²) in [5.74, 6) is -0.957. The fourth-order valence-electron chi connectivity index (χ4n) is 2.05. The fourth-order valence-corrected chi connectivity index (χ4v) is 2.05. The molecule has 0 spiro atoms. The molecule has 3 rings (SSSR count). The van der Waals surface area contributed by atoms with Crippen LogP contribution in [0.3, 0.4) is 0 Å². The van der Waals surface area contributed by atoms with Crippen LogP contribution in [0.2, 0.25) is 0 Å². The second kappa shape index (κ2) is 4.53. The highest BCUT2D eigenvalue weighted by Gasteiger charge is 2.05. The Morgan fingerprint density at radius 2 is 1.74 bits per heavy atom. The number of rotatable bonds is 2. The molecule has 3 heteroatoms. The van der Waals surface area contributed by atoms with E-state index in [-0.39, 0.29) is 5.56 Å². The number of hydrogen-bond donors (Lipinski definition) is 1. The average molecular weight is 249 g/mol. The summed E-state index contributed by atoms with van der Waals surface area (Å²) in [5, 5.41) is 9.77. The molecule has 0 saturated heterocycles. The van der Waals surface area contributed by atoms with Gasteiger partial charge in [0.05, 0.1) is 11.1 Å². The molecule has 0 unspecified atom stereocenters. The first-order valence-electron chi connectivity index (χ1n) is 5.92.